The van der Waals surface area contributed by atoms with Crippen LogP contribution in [0, 0.1) is 0 Å². The van der Waals surface area contributed by atoms with Crippen LogP contribution in [0.15, 0.2) is 23.8 Å². The van der Waals surface area contributed by atoms with Gasteiger partial charge in [0.1, 0.15) is 6.10 Å². The van der Waals surface area contributed by atoms with Crippen molar-refractivity contribution in [2.45, 2.75) is 71.2 Å². The largest absolute Gasteiger partial charge is 0.409 e. The van der Waals surface area contributed by atoms with E-state index in [2.05, 4.69) is 39.9 Å². The quantitative estimate of drug-likeness (QED) is 0.618. The first-order chi connectivity index (χ1) is 10.1. The molecule has 0 spiro atoms. The van der Waals surface area contributed by atoms with Gasteiger partial charge in [-0.25, -0.2) is 0 Å². The summed E-state index contributed by atoms with van der Waals surface area (Å²) in [6.45, 7) is 15.7. The Morgan fingerprint density at radius 1 is 1.36 bits per heavy atom. The van der Waals surface area contributed by atoms with Gasteiger partial charge in [0.25, 0.3) is 0 Å². The smallest absolute Gasteiger partial charge is 0.192 e. The zero-order valence-electron chi connectivity index (χ0n) is 15.1. The van der Waals surface area contributed by atoms with Gasteiger partial charge in [0, 0.05) is 0 Å². The summed E-state index contributed by atoms with van der Waals surface area (Å²) in [5.74, 6) is 0. The number of hydrogen-bond donors (Lipinski definition) is 1. The second-order valence-corrected chi connectivity index (χ2v) is 12.2. The maximum absolute atomic E-state index is 8.87. The topological polar surface area (TPSA) is 47.9 Å². The summed E-state index contributed by atoms with van der Waals surface area (Å²) in [5.41, 5.74) is 1.05. The molecule has 0 unspecified atom stereocenters. The molecule has 1 N–H and O–H groups in total. The van der Waals surface area contributed by atoms with E-state index in [1.807, 2.05) is 19.9 Å². The van der Waals surface area contributed by atoms with Crippen molar-refractivity contribution < 1.29 is 19.0 Å². The molecule has 1 aliphatic rings. The predicted octanol–water partition coefficient (Wildman–Crippen LogP) is 3.63. The number of aliphatic hydroxyl groups is 1. The summed E-state index contributed by atoms with van der Waals surface area (Å²) in [4.78, 5) is 0. The summed E-state index contributed by atoms with van der Waals surface area (Å²) in [6.07, 6.45) is 5.24. The Morgan fingerprint density at radius 2 is 2.00 bits per heavy atom. The van der Waals surface area contributed by atoms with Crippen LogP contribution in [0.2, 0.25) is 18.1 Å². The first-order valence-electron chi connectivity index (χ1n) is 7.97. The summed E-state index contributed by atoms with van der Waals surface area (Å²) in [6, 6.07) is 0. The fourth-order valence-electron chi connectivity index (χ4n) is 2.03. The maximum atomic E-state index is 8.87. The Bertz CT molecular complexity index is 409. The van der Waals surface area contributed by atoms with Crippen molar-refractivity contribution >= 4 is 8.32 Å². The summed E-state index contributed by atoms with van der Waals surface area (Å²) < 4.78 is 18.0. The Kier molecular flexibility index (Phi) is 7.02. The number of rotatable bonds is 5. The fraction of sp³-hybridized carbons (Fsp3) is 0.765. The average Bonchev–Trinajstić information content (AvgIpc) is 2.38. The van der Waals surface area contributed by atoms with Crippen LogP contribution in [0.3, 0.4) is 0 Å². The van der Waals surface area contributed by atoms with Crippen molar-refractivity contribution in [2.75, 3.05) is 13.2 Å². The van der Waals surface area contributed by atoms with Crippen LogP contribution in [-0.2, 0) is 13.9 Å². The highest BCUT2D eigenvalue weighted by molar-refractivity contribution is 6.74. The number of allylic oxidation sites excluding steroid dienone is 2. The standard InChI is InChI=1S/C17H32O4Si/c1-13(9-8-10-18)11-15-16(12-19-14(2)20-15)21-22(6,7)17(3,4)5/h8-9,11,14-16,18H,10,12H2,1-7H3/b9-8+,13-11+/t14-,15+,16-/m1/s1. The molecule has 0 aromatic carbocycles. The molecule has 0 amide bonds. The van der Waals surface area contributed by atoms with Gasteiger partial charge in [0.15, 0.2) is 14.6 Å². The molecule has 4 nitrogen and oxygen atoms in total. The highest BCUT2D eigenvalue weighted by atomic mass is 28.4. The normalized spacial score (nSPS) is 28.4. The van der Waals surface area contributed by atoms with Crippen molar-refractivity contribution in [2.24, 2.45) is 0 Å². The van der Waals surface area contributed by atoms with Gasteiger partial charge in [-0.15, -0.1) is 0 Å². The first kappa shape index (κ1) is 19.6. The van der Waals surface area contributed by atoms with E-state index in [0.717, 1.165) is 5.57 Å². The molecule has 1 aliphatic heterocycles. The molecule has 22 heavy (non-hydrogen) atoms. The molecule has 0 radical (unpaired) electrons. The third-order valence-electron chi connectivity index (χ3n) is 4.38. The molecule has 0 saturated carbocycles. The molecular weight excluding hydrogens is 296 g/mol. The molecule has 128 valence electrons. The molecule has 1 saturated heterocycles. The second kappa shape index (κ2) is 7.88. The number of hydrogen-bond acceptors (Lipinski definition) is 4. The monoisotopic (exact) mass is 328 g/mol. The van der Waals surface area contributed by atoms with E-state index in [0.29, 0.717) is 6.61 Å². The van der Waals surface area contributed by atoms with E-state index in [1.54, 1.807) is 6.08 Å². The third kappa shape index (κ3) is 5.63. The Morgan fingerprint density at radius 3 is 2.55 bits per heavy atom. The van der Waals surface area contributed by atoms with Gasteiger partial charge in [-0.3, -0.25) is 0 Å². The Labute approximate surface area is 136 Å². The molecule has 0 aliphatic carbocycles. The van der Waals surface area contributed by atoms with Crippen LogP contribution in [0.25, 0.3) is 0 Å². The minimum Gasteiger partial charge on any atom is -0.409 e. The molecule has 3 atom stereocenters. The van der Waals surface area contributed by atoms with Crippen molar-refractivity contribution in [3.8, 4) is 0 Å². The van der Waals surface area contributed by atoms with E-state index in [9.17, 15) is 0 Å². The van der Waals surface area contributed by atoms with Gasteiger partial charge < -0.3 is 19.0 Å². The minimum absolute atomic E-state index is 0.0418. The van der Waals surface area contributed by atoms with Crippen molar-refractivity contribution in [1.29, 1.82) is 0 Å². The van der Waals surface area contributed by atoms with Crippen LogP contribution < -0.4 is 0 Å². The Hall–Kier alpha value is -0.463. The van der Waals surface area contributed by atoms with E-state index >= 15 is 0 Å². The number of aliphatic hydroxyl groups excluding tert-OH is 1. The zero-order valence-corrected chi connectivity index (χ0v) is 16.1. The lowest BCUT2D eigenvalue weighted by Gasteiger charge is -2.43. The van der Waals surface area contributed by atoms with Crippen LogP contribution in [0.4, 0.5) is 0 Å². The molecular formula is C17H32O4Si. The van der Waals surface area contributed by atoms with Crippen LogP contribution in [-0.4, -0.2) is 45.1 Å². The average molecular weight is 329 g/mol. The summed E-state index contributed by atoms with van der Waals surface area (Å²) in [7, 11) is -1.88. The van der Waals surface area contributed by atoms with Crippen molar-refractivity contribution in [1.82, 2.24) is 0 Å². The lowest BCUT2D eigenvalue weighted by molar-refractivity contribution is -0.227. The molecule has 0 bridgehead atoms. The Balaban J connectivity index is 2.88. The molecule has 0 aromatic heterocycles. The summed E-state index contributed by atoms with van der Waals surface area (Å²) in [5, 5.41) is 9.02. The van der Waals surface area contributed by atoms with Gasteiger partial charge in [-0.1, -0.05) is 44.6 Å². The summed E-state index contributed by atoms with van der Waals surface area (Å²) >= 11 is 0. The molecule has 0 aromatic rings. The highest BCUT2D eigenvalue weighted by Crippen LogP contribution is 2.38. The molecule has 1 rings (SSSR count). The van der Waals surface area contributed by atoms with Gasteiger partial charge in [0.2, 0.25) is 0 Å². The first-order valence-corrected chi connectivity index (χ1v) is 10.9. The van der Waals surface area contributed by atoms with E-state index in [-0.39, 0.29) is 30.1 Å². The van der Waals surface area contributed by atoms with Gasteiger partial charge in [-0.2, -0.15) is 0 Å². The lowest BCUT2D eigenvalue weighted by atomic mass is 10.1. The maximum Gasteiger partial charge on any atom is 0.192 e. The zero-order chi connectivity index (χ0) is 17.0. The molecule has 1 fully saturated rings. The van der Waals surface area contributed by atoms with E-state index in [1.165, 1.54) is 0 Å². The van der Waals surface area contributed by atoms with Crippen LogP contribution in [0.1, 0.15) is 34.6 Å². The number of ether oxygens (including phenoxy) is 2. The van der Waals surface area contributed by atoms with Crippen molar-refractivity contribution in [3.05, 3.63) is 23.8 Å². The predicted molar refractivity (Wildman–Crippen MR) is 92.3 cm³/mol. The van der Waals surface area contributed by atoms with Gasteiger partial charge >= 0.3 is 0 Å². The second-order valence-electron chi connectivity index (χ2n) is 7.41. The molecule has 1 heterocycles. The minimum atomic E-state index is -1.88. The SMILES string of the molecule is CC(/C=C/CO)=C\[C@@H]1O[C@H](C)OC[C@H]1O[Si](C)(C)C(C)(C)C. The lowest BCUT2D eigenvalue weighted by Crippen LogP contribution is -2.52. The van der Waals surface area contributed by atoms with Crippen LogP contribution in [0.5, 0.6) is 0 Å². The van der Waals surface area contributed by atoms with Crippen molar-refractivity contribution in [3.63, 3.8) is 0 Å². The van der Waals surface area contributed by atoms with E-state index in [4.69, 9.17) is 19.0 Å². The van der Waals surface area contributed by atoms with Gasteiger partial charge in [0.05, 0.1) is 19.3 Å². The fourth-order valence-corrected chi connectivity index (χ4v) is 3.34. The van der Waals surface area contributed by atoms with E-state index < -0.39 is 8.32 Å². The van der Waals surface area contributed by atoms with Crippen LogP contribution >= 0.6 is 0 Å². The highest BCUT2D eigenvalue weighted by Gasteiger charge is 2.42. The third-order valence-corrected chi connectivity index (χ3v) is 8.88. The van der Waals surface area contributed by atoms with Gasteiger partial charge in [-0.05, 0) is 32.0 Å². The molecule has 5 heteroatoms.